The third-order valence-corrected chi connectivity index (χ3v) is 3.22. The van der Waals surface area contributed by atoms with Crippen LogP contribution in [-0.2, 0) is 0 Å². The van der Waals surface area contributed by atoms with E-state index in [0.717, 1.165) is 17.1 Å². The summed E-state index contributed by atoms with van der Waals surface area (Å²) in [6.07, 6.45) is 0. The van der Waals surface area contributed by atoms with Crippen molar-refractivity contribution in [3.63, 3.8) is 0 Å². The largest absolute Gasteiger partial charge is 0.397 e. The van der Waals surface area contributed by atoms with Crippen LogP contribution in [0.2, 0.25) is 5.02 Å². The fourth-order valence-corrected chi connectivity index (χ4v) is 1.75. The Bertz CT molecular complexity index is 550. The predicted octanol–water partition coefficient (Wildman–Crippen LogP) is 3.88. The van der Waals surface area contributed by atoms with Crippen LogP contribution < -0.4 is 5.73 Å². The summed E-state index contributed by atoms with van der Waals surface area (Å²) in [5.74, 6) is 0. The Kier molecular flexibility index (Phi) is 6.00. The Morgan fingerprint density at radius 1 is 1.17 bits per heavy atom. The van der Waals surface area contributed by atoms with Crippen LogP contribution in [0.15, 0.2) is 18.2 Å². The van der Waals surface area contributed by atoms with Gasteiger partial charge in [-0.1, -0.05) is 11.6 Å². The number of anilines is 1. The average molecular weight is 309 g/mol. The van der Waals surface area contributed by atoms with E-state index < -0.39 is 0 Å². The molecule has 0 saturated carbocycles. The summed E-state index contributed by atoms with van der Waals surface area (Å²) in [4.78, 5) is 0. The van der Waals surface area contributed by atoms with Crippen molar-refractivity contribution < 1.29 is 0 Å². The van der Waals surface area contributed by atoms with Crippen molar-refractivity contribution in [3.05, 3.63) is 40.2 Å². The second kappa shape index (κ2) is 6.32. The SMILES string of the molecule is Cc1nn(-c2ccc(Cl)c(N)c2)c(C)c1C.Cl.Cl. The van der Waals surface area contributed by atoms with Gasteiger partial charge in [0.2, 0.25) is 0 Å². The van der Waals surface area contributed by atoms with E-state index in [1.54, 1.807) is 6.07 Å². The van der Waals surface area contributed by atoms with Crippen molar-refractivity contribution in [3.8, 4) is 5.69 Å². The summed E-state index contributed by atoms with van der Waals surface area (Å²) < 4.78 is 1.89. The summed E-state index contributed by atoms with van der Waals surface area (Å²) in [5, 5.41) is 5.04. The molecule has 2 aromatic rings. The zero-order valence-electron chi connectivity index (χ0n) is 10.4. The van der Waals surface area contributed by atoms with E-state index in [4.69, 9.17) is 17.3 Å². The fourth-order valence-electron chi connectivity index (χ4n) is 1.63. The molecule has 1 heterocycles. The summed E-state index contributed by atoms with van der Waals surface area (Å²) in [5.41, 5.74) is 10.7. The van der Waals surface area contributed by atoms with Gasteiger partial charge in [0.15, 0.2) is 0 Å². The lowest BCUT2D eigenvalue weighted by Crippen LogP contribution is -2.00. The van der Waals surface area contributed by atoms with Crippen LogP contribution in [0.5, 0.6) is 0 Å². The van der Waals surface area contributed by atoms with Crippen LogP contribution in [0.4, 0.5) is 5.69 Å². The van der Waals surface area contributed by atoms with Gasteiger partial charge in [0.25, 0.3) is 0 Å². The highest BCUT2D eigenvalue weighted by molar-refractivity contribution is 6.33. The predicted molar refractivity (Wildman–Crippen MR) is 81.7 cm³/mol. The van der Waals surface area contributed by atoms with Crippen molar-refractivity contribution in [1.82, 2.24) is 9.78 Å². The maximum Gasteiger partial charge on any atom is 0.0670 e. The standard InChI is InChI=1S/C12H14ClN3.2ClH/c1-7-8(2)15-16(9(7)3)10-4-5-11(13)12(14)6-10;;/h4-6H,14H2,1-3H3;2*1H. The summed E-state index contributed by atoms with van der Waals surface area (Å²) in [6.45, 7) is 6.10. The average Bonchev–Trinajstić information content (AvgIpc) is 2.50. The van der Waals surface area contributed by atoms with E-state index in [0.29, 0.717) is 10.7 Å². The molecule has 2 N–H and O–H groups in total. The van der Waals surface area contributed by atoms with Gasteiger partial charge < -0.3 is 5.73 Å². The van der Waals surface area contributed by atoms with Crippen LogP contribution in [0.1, 0.15) is 17.0 Å². The van der Waals surface area contributed by atoms with E-state index in [1.165, 1.54) is 5.56 Å². The van der Waals surface area contributed by atoms with E-state index in [1.807, 2.05) is 30.7 Å². The highest BCUT2D eigenvalue weighted by atomic mass is 35.5. The van der Waals surface area contributed by atoms with Gasteiger partial charge >= 0.3 is 0 Å². The Morgan fingerprint density at radius 2 is 1.78 bits per heavy atom. The second-order valence-electron chi connectivity index (χ2n) is 3.91. The molecule has 0 amide bonds. The maximum atomic E-state index is 5.89. The van der Waals surface area contributed by atoms with Gasteiger partial charge in [-0.15, -0.1) is 24.8 Å². The first-order chi connectivity index (χ1) is 7.50. The lowest BCUT2D eigenvalue weighted by atomic mass is 10.2. The maximum absolute atomic E-state index is 5.89. The molecule has 2 rings (SSSR count). The van der Waals surface area contributed by atoms with Gasteiger partial charge in [0, 0.05) is 5.69 Å². The van der Waals surface area contributed by atoms with E-state index >= 15 is 0 Å². The molecular weight excluding hydrogens is 293 g/mol. The molecule has 18 heavy (non-hydrogen) atoms. The van der Waals surface area contributed by atoms with Crippen molar-refractivity contribution in [1.29, 1.82) is 0 Å². The molecule has 0 fully saturated rings. The molecule has 3 nitrogen and oxygen atoms in total. The molecule has 0 aliphatic heterocycles. The van der Waals surface area contributed by atoms with Crippen LogP contribution in [0, 0.1) is 20.8 Å². The number of nitrogens with zero attached hydrogens (tertiary/aromatic N) is 2. The van der Waals surface area contributed by atoms with Crippen LogP contribution >= 0.6 is 36.4 Å². The Labute approximate surface area is 124 Å². The Hall–Kier alpha value is -0.900. The van der Waals surface area contributed by atoms with Crippen molar-refractivity contribution in [2.45, 2.75) is 20.8 Å². The molecule has 0 spiro atoms. The number of nitrogen functional groups attached to an aromatic ring is 1. The van der Waals surface area contributed by atoms with E-state index in [2.05, 4.69) is 12.0 Å². The number of benzene rings is 1. The van der Waals surface area contributed by atoms with Crippen molar-refractivity contribution in [2.24, 2.45) is 0 Å². The van der Waals surface area contributed by atoms with Gasteiger partial charge in [-0.2, -0.15) is 5.10 Å². The molecule has 0 unspecified atom stereocenters. The number of aryl methyl sites for hydroxylation is 1. The molecule has 0 radical (unpaired) electrons. The topological polar surface area (TPSA) is 43.8 Å². The molecule has 0 aliphatic rings. The fraction of sp³-hybridized carbons (Fsp3) is 0.250. The van der Waals surface area contributed by atoms with Crippen molar-refractivity contribution in [2.75, 3.05) is 5.73 Å². The minimum absolute atomic E-state index is 0. The zero-order valence-corrected chi connectivity index (χ0v) is 12.8. The number of nitrogens with two attached hydrogens (primary N) is 1. The quantitative estimate of drug-likeness (QED) is 0.813. The van der Waals surface area contributed by atoms with Gasteiger partial charge in [0.05, 0.1) is 22.1 Å². The monoisotopic (exact) mass is 307 g/mol. The van der Waals surface area contributed by atoms with E-state index in [9.17, 15) is 0 Å². The lowest BCUT2D eigenvalue weighted by molar-refractivity contribution is 0.833. The highest BCUT2D eigenvalue weighted by Crippen LogP contribution is 2.23. The Morgan fingerprint density at radius 3 is 2.22 bits per heavy atom. The number of aromatic nitrogens is 2. The molecule has 100 valence electrons. The first-order valence-corrected chi connectivity index (χ1v) is 5.46. The number of halogens is 3. The molecular formula is C12H16Cl3N3. The first-order valence-electron chi connectivity index (χ1n) is 5.09. The summed E-state index contributed by atoms with van der Waals surface area (Å²) in [7, 11) is 0. The molecule has 0 bridgehead atoms. The normalized spacial score (nSPS) is 9.56. The summed E-state index contributed by atoms with van der Waals surface area (Å²) in [6, 6.07) is 5.54. The minimum Gasteiger partial charge on any atom is -0.397 e. The molecule has 0 aliphatic carbocycles. The highest BCUT2D eigenvalue weighted by Gasteiger charge is 2.09. The molecule has 6 heteroatoms. The Balaban J connectivity index is 0.00000144. The van der Waals surface area contributed by atoms with Crippen LogP contribution in [0.25, 0.3) is 5.69 Å². The number of hydrogen-bond acceptors (Lipinski definition) is 2. The smallest absolute Gasteiger partial charge is 0.0670 e. The third-order valence-electron chi connectivity index (χ3n) is 2.88. The first kappa shape index (κ1) is 17.1. The van der Waals surface area contributed by atoms with E-state index in [-0.39, 0.29) is 24.8 Å². The second-order valence-corrected chi connectivity index (χ2v) is 4.32. The molecule has 0 saturated heterocycles. The van der Waals surface area contributed by atoms with Gasteiger partial charge in [0.1, 0.15) is 0 Å². The number of rotatable bonds is 1. The van der Waals surface area contributed by atoms with Crippen molar-refractivity contribution >= 4 is 42.1 Å². The molecule has 1 aromatic heterocycles. The number of hydrogen-bond donors (Lipinski definition) is 1. The minimum atomic E-state index is 0. The van der Waals surface area contributed by atoms with Gasteiger partial charge in [-0.25, -0.2) is 4.68 Å². The molecule has 1 aromatic carbocycles. The lowest BCUT2D eigenvalue weighted by Gasteiger charge is -2.06. The van der Waals surface area contributed by atoms with Gasteiger partial charge in [-0.05, 0) is 44.5 Å². The van der Waals surface area contributed by atoms with Gasteiger partial charge in [-0.3, -0.25) is 0 Å². The van der Waals surface area contributed by atoms with Crippen LogP contribution in [-0.4, -0.2) is 9.78 Å². The van der Waals surface area contributed by atoms with Crippen LogP contribution in [0.3, 0.4) is 0 Å². The third kappa shape index (κ3) is 2.91. The molecule has 0 atom stereocenters. The zero-order chi connectivity index (χ0) is 11.9. The summed E-state index contributed by atoms with van der Waals surface area (Å²) >= 11 is 5.89.